The Morgan fingerprint density at radius 1 is 1.55 bits per heavy atom. The van der Waals surface area contributed by atoms with Gasteiger partial charge in [0.05, 0.1) is 13.2 Å². The average Bonchev–Trinajstić information content (AvgIpc) is 1.87. The number of rotatable bonds is 5. The van der Waals surface area contributed by atoms with Crippen LogP contribution in [0.15, 0.2) is 0 Å². The quantitative estimate of drug-likeness (QED) is 0.357. The van der Waals surface area contributed by atoms with Crippen LogP contribution < -0.4 is 11.1 Å². The molecule has 0 bridgehead atoms. The highest BCUT2D eigenvalue weighted by atomic mass is 16.4. The summed E-state index contributed by atoms with van der Waals surface area (Å²) in [6.07, 6.45) is 0. The van der Waals surface area contributed by atoms with Gasteiger partial charge in [-0.15, -0.1) is 0 Å². The molecule has 6 nitrogen and oxygen atoms in total. The molecule has 1 amide bonds. The molecule has 64 valence electrons. The Kier molecular flexibility index (Phi) is 4.16. The number of hydrogen-bond donors (Lipinski definition) is 4. The van der Waals surface area contributed by atoms with Gasteiger partial charge in [0, 0.05) is 0 Å². The molecule has 11 heavy (non-hydrogen) atoms. The third kappa shape index (κ3) is 4.29. The molecule has 0 radical (unpaired) electrons. The summed E-state index contributed by atoms with van der Waals surface area (Å²) in [4.78, 5) is 20.3. The van der Waals surface area contributed by atoms with Crippen molar-refractivity contribution >= 4 is 11.9 Å². The second kappa shape index (κ2) is 4.64. The summed E-state index contributed by atoms with van der Waals surface area (Å²) in [7, 11) is 0. The highest BCUT2D eigenvalue weighted by molar-refractivity contribution is 5.78. The van der Waals surface area contributed by atoms with E-state index < -0.39 is 24.5 Å². The number of carbonyl (C=O) groups excluding carboxylic acids is 1. The number of carboxylic acids is 1. The Labute approximate surface area is 63.0 Å². The summed E-state index contributed by atoms with van der Waals surface area (Å²) < 4.78 is 0. The van der Waals surface area contributed by atoms with Crippen molar-refractivity contribution in [3.63, 3.8) is 0 Å². The van der Waals surface area contributed by atoms with Gasteiger partial charge in [0.1, 0.15) is 6.04 Å². The van der Waals surface area contributed by atoms with Crippen LogP contribution in [-0.4, -0.2) is 41.3 Å². The topological polar surface area (TPSA) is 113 Å². The highest BCUT2D eigenvalue weighted by Crippen LogP contribution is 1.79. The zero-order chi connectivity index (χ0) is 8.85. The van der Waals surface area contributed by atoms with Crippen molar-refractivity contribution in [2.75, 3.05) is 13.2 Å². The first-order valence-corrected chi connectivity index (χ1v) is 2.93. The van der Waals surface area contributed by atoms with E-state index in [4.69, 9.17) is 15.9 Å². The molecule has 0 aromatic rings. The number of nitrogens with two attached hydrogens (primary N) is 1. The smallest absolute Gasteiger partial charge is 0.323 e. The van der Waals surface area contributed by atoms with Gasteiger partial charge in [-0.3, -0.25) is 14.9 Å². The van der Waals surface area contributed by atoms with Crippen LogP contribution in [0.5, 0.6) is 0 Å². The molecule has 0 aromatic heterocycles. The molecule has 0 spiro atoms. The number of amides is 1. The van der Waals surface area contributed by atoms with Crippen LogP contribution >= 0.6 is 0 Å². The maximum atomic E-state index is 10.2. The van der Waals surface area contributed by atoms with Gasteiger partial charge in [-0.05, 0) is 0 Å². The molecule has 0 aliphatic heterocycles. The molecule has 1 unspecified atom stereocenters. The standard InChI is InChI=1S/C5H10N2O4/c6-4(9)1-7-3(2-8)5(10)11/h3,7-8H,1-2H2,(H2,6,9)(H,10,11). The number of aliphatic carboxylic acids is 1. The van der Waals surface area contributed by atoms with Crippen molar-refractivity contribution in [1.82, 2.24) is 5.32 Å². The summed E-state index contributed by atoms with van der Waals surface area (Å²) in [6.45, 7) is -0.819. The minimum atomic E-state index is -1.21. The number of aliphatic hydroxyl groups is 1. The summed E-state index contributed by atoms with van der Waals surface area (Å²) in [5.41, 5.74) is 4.72. The third-order valence-corrected chi connectivity index (χ3v) is 1.00. The van der Waals surface area contributed by atoms with E-state index in [0.717, 1.165) is 0 Å². The van der Waals surface area contributed by atoms with Crippen molar-refractivity contribution < 1.29 is 19.8 Å². The third-order valence-electron chi connectivity index (χ3n) is 1.00. The van der Waals surface area contributed by atoms with E-state index in [1.54, 1.807) is 0 Å². The van der Waals surface area contributed by atoms with Crippen LogP contribution in [0.2, 0.25) is 0 Å². The summed E-state index contributed by atoms with van der Waals surface area (Å²) in [6, 6.07) is -1.12. The Hall–Kier alpha value is -1.14. The highest BCUT2D eigenvalue weighted by Gasteiger charge is 2.15. The van der Waals surface area contributed by atoms with Gasteiger partial charge in [-0.1, -0.05) is 0 Å². The van der Waals surface area contributed by atoms with E-state index in [1.807, 2.05) is 0 Å². The normalized spacial score (nSPS) is 12.5. The zero-order valence-corrected chi connectivity index (χ0v) is 5.78. The maximum Gasteiger partial charge on any atom is 0.323 e. The number of carboxylic acid groups (broad SMARTS) is 1. The lowest BCUT2D eigenvalue weighted by molar-refractivity contribution is -0.140. The summed E-state index contributed by atoms with van der Waals surface area (Å²) in [5, 5.41) is 19.0. The number of hydrogen-bond acceptors (Lipinski definition) is 4. The van der Waals surface area contributed by atoms with Crippen molar-refractivity contribution in [1.29, 1.82) is 0 Å². The molecule has 6 heteroatoms. The second-order valence-electron chi connectivity index (χ2n) is 1.92. The fourth-order valence-corrected chi connectivity index (χ4v) is 0.454. The van der Waals surface area contributed by atoms with Crippen LogP contribution in [-0.2, 0) is 9.59 Å². The predicted octanol–water partition coefficient (Wildman–Crippen LogP) is -2.49. The van der Waals surface area contributed by atoms with Gasteiger partial charge in [-0.2, -0.15) is 0 Å². The Morgan fingerprint density at radius 3 is 2.36 bits per heavy atom. The number of primary amides is 1. The monoisotopic (exact) mass is 162 g/mol. The molecule has 0 aliphatic rings. The lowest BCUT2D eigenvalue weighted by Crippen LogP contribution is -2.43. The fourth-order valence-electron chi connectivity index (χ4n) is 0.454. The van der Waals surface area contributed by atoms with Gasteiger partial charge < -0.3 is 15.9 Å². The lowest BCUT2D eigenvalue weighted by atomic mass is 10.3. The van der Waals surface area contributed by atoms with Gasteiger partial charge >= 0.3 is 5.97 Å². The molecule has 5 N–H and O–H groups in total. The van der Waals surface area contributed by atoms with E-state index >= 15 is 0 Å². The first-order chi connectivity index (χ1) is 5.07. The van der Waals surface area contributed by atoms with Crippen LogP contribution in [0.25, 0.3) is 0 Å². The summed E-state index contributed by atoms with van der Waals surface area (Å²) in [5.74, 6) is -1.88. The van der Waals surface area contributed by atoms with E-state index in [2.05, 4.69) is 5.32 Å². The predicted molar refractivity (Wildman–Crippen MR) is 35.7 cm³/mol. The molecule has 0 aromatic carbocycles. The van der Waals surface area contributed by atoms with Crippen molar-refractivity contribution in [3.05, 3.63) is 0 Å². The molecule has 1 atom stereocenters. The summed E-state index contributed by atoms with van der Waals surface area (Å²) >= 11 is 0. The number of nitrogens with one attached hydrogen (secondary N) is 1. The first kappa shape index (κ1) is 9.86. The van der Waals surface area contributed by atoms with E-state index in [0.29, 0.717) is 0 Å². The molecule has 0 rings (SSSR count). The molecular formula is C5H10N2O4. The average molecular weight is 162 g/mol. The van der Waals surface area contributed by atoms with Gasteiger partial charge in [0.15, 0.2) is 0 Å². The number of carbonyl (C=O) groups is 2. The molecule has 0 saturated carbocycles. The van der Waals surface area contributed by atoms with Crippen molar-refractivity contribution in [2.45, 2.75) is 6.04 Å². The van der Waals surface area contributed by atoms with Crippen LogP contribution in [0.1, 0.15) is 0 Å². The SMILES string of the molecule is NC(=O)CNC(CO)C(=O)O. The van der Waals surface area contributed by atoms with E-state index in [1.165, 1.54) is 0 Å². The van der Waals surface area contributed by atoms with Gasteiger partial charge in [-0.25, -0.2) is 0 Å². The maximum absolute atomic E-state index is 10.2. The fraction of sp³-hybridized carbons (Fsp3) is 0.600. The second-order valence-corrected chi connectivity index (χ2v) is 1.92. The zero-order valence-electron chi connectivity index (χ0n) is 5.78. The van der Waals surface area contributed by atoms with Crippen LogP contribution in [0, 0.1) is 0 Å². The Morgan fingerprint density at radius 2 is 2.09 bits per heavy atom. The minimum Gasteiger partial charge on any atom is -0.480 e. The van der Waals surface area contributed by atoms with Crippen LogP contribution in [0.4, 0.5) is 0 Å². The van der Waals surface area contributed by atoms with Crippen molar-refractivity contribution in [3.8, 4) is 0 Å². The van der Waals surface area contributed by atoms with Crippen molar-refractivity contribution in [2.24, 2.45) is 5.73 Å². The van der Waals surface area contributed by atoms with E-state index in [-0.39, 0.29) is 6.54 Å². The first-order valence-electron chi connectivity index (χ1n) is 2.93. The Bertz CT molecular complexity index is 159. The van der Waals surface area contributed by atoms with Gasteiger partial charge in [0.25, 0.3) is 0 Å². The van der Waals surface area contributed by atoms with E-state index in [9.17, 15) is 9.59 Å². The minimum absolute atomic E-state index is 0.252. The molecular weight excluding hydrogens is 152 g/mol. The molecule has 0 saturated heterocycles. The molecule has 0 heterocycles. The molecule has 0 aliphatic carbocycles. The largest absolute Gasteiger partial charge is 0.480 e. The lowest BCUT2D eigenvalue weighted by Gasteiger charge is -2.08. The molecule has 0 fully saturated rings. The Balaban J connectivity index is 3.70. The van der Waals surface area contributed by atoms with Crippen LogP contribution in [0.3, 0.4) is 0 Å². The number of aliphatic hydroxyl groups excluding tert-OH is 1. The van der Waals surface area contributed by atoms with Gasteiger partial charge in [0.2, 0.25) is 5.91 Å².